The molecule has 88 valence electrons. The monoisotopic (exact) mass is 223 g/mol. The second kappa shape index (κ2) is 2.97. The Bertz CT molecular complexity index is 356. The zero-order valence-corrected chi connectivity index (χ0v) is 9.69. The number of rotatable bonds is 0. The normalized spacial score (nSPS) is 42.6. The topological polar surface area (TPSA) is 52.7 Å². The van der Waals surface area contributed by atoms with Crippen molar-refractivity contribution in [1.29, 1.82) is 0 Å². The number of fused-ring (bicyclic) bond motifs is 2. The fraction of sp³-hybridized carbons (Fsp3) is 0.818. The van der Waals surface area contributed by atoms with Crippen LogP contribution >= 0.6 is 0 Å². The van der Waals surface area contributed by atoms with Crippen LogP contribution in [0.4, 0.5) is 4.79 Å². The summed E-state index contributed by atoms with van der Waals surface area (Å²) in [6.07, 6.45) is 3.81. The molecule has 3 saturated heterocycles. The van der Waals surface area contributed by atoms with E-state index >= 15 is 0 Å². The lowest BCUT2D eigenvalue weighted by atomic mass is 9.83. The second-order valence-electron chi connectivity index (χ2n) is 5.28. The van der Waals surface area contributed by atoms with Gasteiger partial charge in [-0.1, -0.05) is 0 Å². The SMILES string of the molecule is CN1C(=O)N(C)C2(CC3CCC(C2)N3)C1=O. The highest BCUT2D eigenvalue weighted by Crippen LogP contribution is 2.41. The first-order chi connectivity index (χ1) is 7.54. The molecule has 0 saturated carbocycles. The van der Waals surface area contributed by atoms with Gasteiger partial charge in [0.2, 0.25) is 0 Å². The lowest BCUT2D eigenvalue weighted by molar-refractivity contribution is -0.134. The van der Waals surface area contributed by atoms with Crippen molar-refractivity contribution >= 4 is 11.9 Å². The Morgan fingerprint density at radius 2 is 1.75 bits per heavy atom. The molecular weight excluding hydrogens is 206 g/mol. The molecule has 0 aromatic carbocycles. The summed E-state index contributed by atoms with van der Waals surface area (Å²) in [4.78, 5) is 27.0. The molecule has 1 N–H and O–H groups in total. The first kappa shape index (κ1) is 10.1. The van der Waals surface area contributed by atoms with E-state index in [9.17, 15) is 9.59 Å². The van der Waals surface area contributed by atoms with Crippen molar-refractivity contribution < 1.29 is 9.59 Å². The summed E-state index contributed by atoms with van der Waals surface area (Å²) in [5, 5.41) is 3.50. The highest BCUT2D eigenvalue weighted by Gasteiger charge is 2.58. The molecule has 3 aliphatic heterocycles. The molecule has 3 amide bonds. The van der Waals surface area contributed by atoms with Crippen molar-refractivity contribution in [3.8, 4) is 0 Å². The molecule has 3 aliphatic rings. The summed E-state index contributed by atoms with van der Waals surface area (Å²) in [6, 6.07) is 0.653. The number of likely N-dealkylation sites (N-methyl/N-ethyl adjacent to an activating group) is 2. The molecular formula is C11H17N3O2. The first-order valence-corrected chi connectivity index (χ1v) is 5.86. The van der Waals surface area contributed by atoms with E-state index in [4.69, 9.17) is 0 Å². The molecule has 3 fully saturated rings. The Morgan fingerprint density at radius 3 is 2.19 bits per heavy atom. The van der Waals surface area contributed by atoms with Crippen molar-refractivity contribution in [2.24, 2.45) is 0 Å². The summed E-state index contributed by atoms with van der Waals surface area (Å²) in [5.74, 6) is -0.0154. The smallest absolute Gasteiger partial charge is 0.312 e. The summed E-state index contributed by atoms with van der Waals surface area (Å²) < 4.78 is 0. The molecule has 0 aliphatic carbocycles. The van der Waals surface area contributed by atoms with Crippen LogP contribution in [0.15, 0.2) is 0 Å². The average molecular weight is 223 g/mol. The average Bonchev–Trinajstić information content (AvgIpc) is 2.69. The molecule has 0 aromatic heterocycles. The summed E-state index contributed by atoms with van der Waals surface area (Å²) >= 11 is 0. The first-order valence-electron chi connectivity index (χ1n) is 5.86. The third kappa shape index (κ3) is 1.04. The van der Waals surface area contributed by atoms with Crippen molar-refractivity contribution in [1.82, 2.24) is 15.1 Å². The maximum atomic E-state index is 12.3. The van der Waals surface area contributed by atoms with Gasteiger partial charge in [0.25, 0.3) is 5.91 Å². The van der Waals surface area contributed by atoms with Crippen LogP contribution in [-0.4, -0.2) is 53.5 Å². The third-order valence-corrected chi connectivity index (χ3v) is 4.42. The molecule has 1 spiro atoms. The van der Waals surface area contributed by atoms with Gasteiger partial charge in [-0.25, -0.2) is 4.79 Å². The molecule has 2 bridgehead atoms. The van der Waals surface area contributed by atoms with Gasteiger partial charge in [-0.2, -0.15) is 0 Å². The van der Waals surface area contributed by atoms with E-state index in [1.165, 1.54) is 4.90 Å². The summed E-state index contributed by atoms with van der Waals surface area (Å²) in [5.41, 5.74) is -0.553. The molecule has 16 heavy (non-hydrogen) atoms. The van der Waals surface area contributed by atoms with Gasteiger partial charge in [-0.3, -0.25) is 9.69 Å². The summed E-state index contributed by atoms with van der Waals surface area (Å²) in [6.45, 7) is 0. The molecule has 2 unspecified atom stereocenters. The Labute approximate surface area is 94.8 Å². The van der Waals surface area contributed by atoms with E-state index in [1.807, 2.05) is 0 Å². The zero-order chi connectivity index (χ0) is 11.5. The van der Waals surface area contributed by atoms with Gasteiger partial charge < -0.3 is 10.2 Å². The summed E-state index contributed by atoms with van der Waals surface area (Å²) in [7, 11) is 3.34. The highest BCUT2D eigenvalue weighted by atomic mass is 16.2. The van der Waals surface area contributed by atoms with E-state index in [-0.39, 0.29) is 11.9 Å². The number of carbonyl (C=O) groups is 2. The standard InChI is InChI=1S/C11H17N3O2/c1-13-9(15)11(14(2)10(13)16)5-7-3-4-8(6-11)12-7/h7-8,12H,3-6H2,1-2H3. The number of imide groups is 1. The maximum absolute atomic E-state index is 12.3. The van der Waals surface area contributed by atoms with Gasteiger partial charge in [0.05, 0.1) is 0 Å². The van der Waals surface area contributed by atoms with Crippen molar-refractivity contribution in [2.45, 2.75) is 43.3 Å². The number of hydrogen-bond donors (Lipinski definition) is 1. The fourth-order valence-electron chi connectivity index (χ4n) is 3.52. The number of carbonyl (C=O) groups excluding carboxylic acids is 2. The number of amides is 3. The quantitative estimate of drug-likeness (QED) is 0.595. The number of nitrogens with zero attached hydrogens (tertiary/aromatic N) is 2. The fourth-order valence-corrected chi connectivity index (χ4v) is 3.52. The van der Waals surface area contributed by atoms with Crippen LogP contribution in [-0.2, 0) is 4.79 Å². The molecule has 3 rings (SSSR count). The predicted octanol–water partition coefficient (Wildman–Crippen LogP) is 0.163. The van der Waals surface area contributed by atoms with Gasteiger partial charge in [0.1, 0.15) is 5.54 Å². The lowest BCUT2D eigenvalue weighted by Gasteiger charge is -2.40. The number of piperidine rings is 1. The Hall–Kier alpha value is -1.10. The van der Waals surface area contributed by atoms with Gasteiger partial charge in [-0.05, 0) is 25.7 Å². The van der Waals surface area contributed by atoms with Crippen LogP contribution < -0.4 is 5.32 Å². The molecule has 3 heterocycles. The van der Waals surface area contributed by atoms with Crippen LogP contribution in [0.1, 0.15) is 25.7 Å². The van der Waals surface area contributed by atoms with E-state index in [2.05, 4.69) is 5.32 Å². The van der Waals surface area contributed by atoms with E-state index in [0.29, 0.717) is 12.1 Å². The minimum atomic E-state index is -0.553. The van der Waals surface area contributed by atoms with Crippen molar-refractivity contribution in [2.75, 3.05) is 14.1 Å². The Kier molecular flexibility index (Phi) is 1.87. The van der Waals surface area contributed by atoms with Gasteiger partial charge in [0.15, 0.2) is 0 Å². The van der Waals surface area contributed by atoms with Crippen LogP contribution in [0, 0.1) is 0 Å². The van der Waals surface area contributed by atoms with E-state index in [1.54, 1.807) is 19.0 Å². The van der Waals surface area contributed by atoms with Crippen LogP contribution in [0.3, 0.4) is 0 Å². The lowest BCUT2D eigenvalue weighted by Crippen LogP contribution is -2.58. The van der Waals surface area contributed by atoms with Crippen LogP contribution in [0.5, 0.6) is 0 Å². The number of nitrogens with one attached hydrogen (secondary N) is 1. The minimum absolute atomic E-state index is 0.0154. The van der Waals surface area contributed by atoms with Crippen molar-refractivity contribution in [3.63, 3.8) is 0 Å². The third-order valence-electron chi connectivity index (χ3n) is 4.42. The zero-order valence-electron chi connectivity index (χ0n) is 9.69. The van der Waals surface area contributed by atoms with Gasteiger partial charge in [-0.15, -0.1) is 0 Å². The van der Waals surface area contributed by atoms with Crippen molar-refractivity contribution in [3.05, 3.63) is 0 Å². The number of hydrogen-bond acceptors (Lipinski definition) is 3. The minimum Gasteiger partial charge on any atom is -0.312 e. The molecule has 0 radical (unpaired) electrons. The Balaban J connectivity index is 1.98. The maximum Gasteiger partial charge on any atom is 0.327 e. The van der Waals surface area contributed by atoms with Crippen LogP contribution in [0.25, 0.3) is 0 Å². The highest BCUT2D eigenvalue weighted by molar-refractivity contribution is 6.06. The Morgan fingerprint density at radius 1 is 1.19 bits per heavy atom. The van der Waals surface area contributed by atoms with Gasteiger partial charge >= 0.3 is 6.03 Å². The number of urea groups is 1. The van der Waals surface area contributed by atoms with Crippen LogP contribution in [0.2, 0.25) is 0 Å². The second-order valence-corrected chi connectivity index (χ2v) is 5.28. The molecule has 5 nitrogen and oxygen atoms in total. The predicted molar refractivity (Wildman–Crippen MR) is 57.8 cm³/mol. The van der Waals surface area contributed by atoms with E-state index < -0.39 is 5.54 Å². The molecule has 0 aromatic rings. The van der Waals surface area contributed by atoms with E-state index in [0.717, 1.165) is 25.7 Å². The van der Waals surface area contributed by atoms with Gasteiger partial charge in [0, 0.05) is 26.2 Å². The molecule has 2 atom stereocenters. The largest absolute Gasteiger partial charge is 0.327 e. The molecule has 5 heteroatoms.